The summed E-state index contributed by atoms with van der Waals surface area (Å²) in [6, 6.07) is 0. The average Bonchev–Trinajstić information content (AvgIpc) is 1.95. The Morgan fingerprint density at radius 3 is 2.45 bits per heavy atom. The van der Waals surface area contributed by atoms with E-state index in [9.17, 15) is 0 Å². The Labute approximate surface area is 63.8 Å². The summed E-state index contributed by atoms with van der Waals surface area (Å²) in [6.07, 6.45) is -0.0318. The molecule has 0 radical (unpaired) electrons. The third-order valence-electron chi connectivity index (χ3n) is 1.44. The lowest BCUT2D eigenvalue weighted by atomic mass is 10.1. The maximum absolute atomic E-state index is 9.05. The average molecular weight is 164 g/mol. The molecule has 1 aliphatic heterocycles. The van der Waals surface area contributed by atoms with Gasteiger partial charge in [0.2, 0.25) is 0 Å². The van der Waals surface area contributed by atoms with Gasteiger partial charge in [0.15, 0.2) is 0 Å². The van der Waals surface area contributed by atoms with Gasteiger partial charge >= 0.3 is 0 Å². The first kappa shape index (κ1) is 10.4. The van der Waals surface area contributed by atoms with Crippen LogP contribution in [0.4, 0.5) is 0 Å². The van der Waals surface area contributed by atoms with Gasteiger partial charge in [-0.2, -0.15) is 0 Å². The SMILES string of the molecule is O.OC[C@H]1OC=C[C@@H](O)[C@@H]1O. The van der Waals surface area contributed by atoms with Gasteiger partial charge < -0.3 is 25.5 Å². The molecule has 0 amide bonds. The van der Waals surface area contributed by atoms with Crippen LogP contribution in [0.15, 0.2) is 12.3 Å². The highest BCUT2D eigenvalue weighted by Crippen LogP contribution is 2.10. The summed E-state index contributed by atoms with van der Waals surface area (Å²) in [4.78, 5) is 0. The number of aliphatic hydroxyl groups excluding tert-OH is 3. The number of aliphatic hydroxyl groups is 3. The molecule has 0 aromatic rings. The van der Waals surface area contributed by atoms with Crippen molar-refractivity contribution in [3.8, 4) is 0 Å². The van der Waals surface area contributed by atoms with Crippen LogP contribution in [-0.2, 0) is 4.74 Å². The van der Waals surface area contributed by atoms with E-state index in [1.165, 1.54) is 12.3 Å². The molecular weight excluding hydrogens is 152 g/mol. The van der Waals surface area contributed by atoms with E-state index in [4.69, 9.17) is 20.1 Å². The van der Waals surface area contributed by atoms with Gasteiger partial charge in [-0.3, -0.25) is 0 Å². The van der Waals surface area contributed by atoms with Crippen LogP contribution in [0.5, 0.6) is 0 Å². The van der Waals surface area contributed by atoms with Crippen LogP contribution in [0, 0.1) is 0 Å². The zero-order valence-electron chi connectivity index (χ0n) is 5.84. The van der Waals surface area contributed by atoms with Crippen LogP contribution in [0.3, 0.4) is 0 Å². The van der Waals surface area contributed by atoms with E-state index >= 15 is 0 Å². The van der Waals surface area contributed by atoms with E-state index in [1.54, 1.807) is 0 Å². The Morgan fingerprint density at radius 1 is 1.36 bits per heavy atom. The predicted molar refractivity (Wildman–Crippen MR) is 36.7 cm³/mol. The zero-order chi connectivity index (χ0) is 7.56. The Kier molecular flexibility index (Phi) is 4.06. The lowest BCUT2D eigenvalue weighted by molar-refractivity contribution is -0.0808. The highest BCUT2D eigenvalue weighted by atomic mass is 16.5. The summed E-state index contributed by atoms with van der Waals surface area (Å²) in [5, 5.41) is 26.6. The lowest BCUT2D eigenvalue weighted by Gasteiger charge is -2.26. The van der Waals surface area contributed by atoms with Gasteiger partial charge in [0, 0.05) is 0 Å². The van der Waals surface area contributed by atoms with E-state index in [0.29, 0.717) is 0 Å². The van der Waals surface area contributed by atoms with Crippen LogP contribution in [0.2, 0.25) is 0 Å². The molecule has 0 unspecified atom stereocenters. The van der Waals surface area contributed by atoms with Crippen molar-refractivity contribution >= 4 is 0 Å². The maximum Gasteiger partial charge on any atom is 0.149 e. The summed E-state index contributed by atoms with van der Waals surface area (Å²) in [6.45, 7) is -0.289. The van der Waals surface area contributed by atoms with Crippen LogP contribution >= 0.6 is 0 Å². The number of ether oxygens (including phenoxy) is 1. The van der Waals surface area contributed by atoms with Crippen molar-refractivity contribution in [3.63, 3.8) is 0 Å². The first-order chi connectivity index (χ1) is 4.75. The summed E-state index contributed by atoms with van der Waals surface area (Å²) in [5.74, 6) is 0. The van der Waals surface area contributed by atoms with Crippen molar-refractivity contribution < 1.29 is 25.5 Å². The largest absolute Gasteiger partial charge is 0.493 e. The molecule has 1 heterocycles. The normalized spacial score (nSPS) is 35.7. The fourth-order valence-electron chi connectivity index (χ4n) is 0.792. The molecule has 3 atom stereocenters. The van der Waals surface area contributed by atoms with E-state index < -0.39 is 18.3 Å². The molecular formula is C6H12O5. The number of rotatable bonds is 1. The molecule has 0 aromatic heterocycles. The Bertz CT molecular complexity index is 135. The van der Waals surface area contributed by atoms with Crippen molar-refractivity contribution in [2.45, 2.75) is 18.3 Å². The standard InChI is InChI=1S/C6H10O4.H2O/c7-3-5-6(9)4(8)1-2-10-5;/h1-2,4-9H,3H2;1H2/t4-,5-,6+;/m1./s1. The van der Waals surface area contributed by atoms with E-state index in [-0.39, 0.29) is 12.1 Å². The second-order valence-electron chi connectivity index (χ2n) is 2.17. The van der Waals surface area contributed by atoms with Crippen LogP contribution in [-0.4, -0.2) is 45.7 Å². The van der Waals surface area contributed by atoms with Crippen molar-refractivity contribution in [1.82, 2.24) is 0 Å². The topological polar surface area (TPSA) is 101 Å². The molecule has 66 valence electrons. The first-order valence-corrected chi connectivity index (χ1v) is 3.05. The fraction of sp³-hybridized carbons (Fsp3) is 0.667. The van der Waals surface area contributed by atoms with Crippen molar-refractivity contribution in [1.29, 1.82) is 0 Å². The minimum absolute atomic E-state index is 0. The first-order valence-electron chi connectivity index (χ1n) is 3.05. The van der Waals surface area contributed by atoms with Crippen LogP contribution in [0.1, 0.15) is 0 Å². The van der Waals surface area contributed by atoms with Crippen molar-refractivity contribution in [3.05, 3.63) is 12.3 Å². The van der Waals surface area contributed by atoms with E-state index in [1.807, 2.05) is 0 Å². The molecule has 0 fully saturated rings. The van der Waals surface area contributed by atoms with Crippen molar-refractivity contribution in [2.24, 2.45) is 0 Å². The van der Waals surface area contributed by atoms with Gasteiger partial charge in [0.05, 0.1) is 12.9 Å². The summed E-state index contributed by atoms with van der Waals surface area (Å²) in [5.41, 5.74) is 0. The van der Waals surface area contributed by atoms with Gasteiger partial charge in [-0.1, -0.05) is 0 Å². The third-order valence-corrected chi connectivity index (χ3v) is 1.44. The van der Waals surface area contributed by atoms with Gasteiger partial charge in [-0.15, -0.1) is 0 Å². The Hall–Kier alpha value is -0.620. The van der Waals surface area contributed by atoms with Crippen LogP contribution < -0.4 is 0 Å². The second-order valence-corrected chi connectivity index (χ2v) is 2.17. The molecule has 0 bridgehead atoms. The van der Waals surface area contributed by atoms with Crippen molar-refractivity contribution in [2.75, 3.05) is 6.61 Å². The quantitative estimate of drug-likeness (QED) is 0.409. The minimum atomic E-state index is -1.02. The molecule has 1 rings (SSSR count). The monoisotopic (exact) mass is 164 g/mol. The van der Waals surface area contributed by atoms with Gasteiger partial charge in [0.1, 0.15) is 18.3 Å². The van der Waals surface area contributed by atoms with Gasteiger partial charge in [-0.25, -0.2) is 0 Å². The highest BCUT2D eigenvalue weighted by molar-refractivity contribution is 4.96. The van der Waals surface area contributed by atoms with Gasteiger partial charge in [0.25, 0.3) is 0 Å². The molecule has 0 aliphatic carbocycles. The summed E-state index contributed by atoms with van der Waals surface area (Å²) >= 11 is 0. The molecule has 0 aromatic carbocycles. The molecule has 5 N–H and O–H groups in total. The lowest BCUT2D eigenvalue weighted by Crippen LogP contribution is -2.42. The molecule has 5 heteroatoms. The second kappa shape index (κ2) is 4.30. The van der Waals surface area contributed by atoms with Gasteiger partial charge in [-0.05, 0) is 6.08 Å². The smallest absolute Gasteiger partial charge is 0.149 e. The van der Waals surface area contributed by atoms with E-state index in [0.717, 1.165) is 0 Å². The Balaban J connectivity index is 0.000001000. The molecule has 0 saturated carbocycles. The third kappa shape index (κ3) is 2.16. The number of hydrogen-bond acceptors (Lipinski definition) is 4. The minimum Gasteiger partial charge on any atom is -0.493 e. The molecule has 0 saturated heterocycles. The summed E-state index contributed by atoms with van der Waals surface area (Å²) in [7, 11) is 0. The highest BCUT2D eigenvalue weighted by Gasteiger charge is 2.27. The predicted octanol–water partition coefficient (Wildman–Crippen LogP) is -2.21. The molecule has 0 spiro atoms. The molecule has 1 aliphatic rings. The molecule has 5 nitrogen and oxygen atoms in total. The Morgan fingerprint density at radius 2 is 2.00 bits per heavy atom. The zero-order valence-corrected chi connectivity index (χ0v) is 5.84. The number of hydrogen-bond donors (Lipinski definition) is 3. The summed E-state index contributed by atoms with van der Waals surface area (Å²) < 4.78 is 4.77. The maximum atomic E-state index is 9.05. The van der Waals surface area contributed by atoms with Crippen LogP contribution in [0.25, 0.3) is 0 Å². The van der Waals surface area contributed by atoms with E-state index in [2.05, 4.69) is 0 Å². The molecule has 11 heavy (non-hydrogen) atoms. The fourth-order valence-corrected chi connectivity index (χ4v) is 0.792.